The first-order valence-electron chi connectivity index (χ1n) is 5.20. The highest BCUT2D eigenvalue weighted by molar-refractivity contribution is 5.43. The van der Waals surface area contributed by atoms with Crippen LogP contribution in [-0.2, 0) is 4.74 Å². The van der Waals surface area contributed by atoms with Crippen molar-refractivity contribution in [3.8, 4) is 11.5 Å². The second-order valence-corrected chi connectivity index (χ2v) is 3.39. The van der Waals surface area contributed by atoms with Gasteiger partial charge in [0.25, 0.3) is 0 Å². The zero-order valence-corrected chi connectivity index (χ0v) is 9.90. The molecule has 0 spiro atoms. The van der Waals surface area contributed by atoms with Crippen molar-refractivity contribution in [2.75, 3.05) is 21.0 Å². The maximum Gasteiger partial charge on any atom is 0.188 e. The number of benzene rings is 1. The summed E-state index contributed by atoms with van der Waals surface area (Å²) in [6.45, 7) is 2.10. The molecule has 90 valence electrons. The summed E-state index contributed by atoms with van der Waals surface area (Å²) in [5.41, 5.74) is 0.823. The maximum atomic E-state index is 9.70. The van der Waals surface area contributed by atoms with Crippen molar-refractivity contribution in [2.24, 2.45) is 0 Å². The van der Waals surface area contributed by atoms with Crippen LogP contribution in [0.3, 0.4) is 0 Å². The van der Waals surface area contributed by atoms with E-state index in [4.69, 9.17) is 14.2 Å². The second kappa shape index (κ2) is 6.35. The van der Waals surface area contributed by atoms with Crippen molar-refractivity contribution in [1.82, 2.24) is 0 Å². The Hall–Kier alpha value is -1.26. The monoisotopic (exact) mass is 226 g/mol. The SMILES string of the molecule is CCC(O)c1ccc(OCOC)c(OC)c1. The molecule has 0 heterocycles. The fourth-order valence-corrected chi connectivity index (χ4v) is 1.37. The summed E-state index contributed by atoms with van der Waals surface area (Å²) < 4.78 is 15.3. The average molecular weight is 226 g/mol. The lowest BCUT2D eigenvalue weighted by Gasteiger charge is -2.13. The van der Waals surface area contributed by atoms with Crippen molar-refractivity contribution in [3.63, 3.8) is 0 Å². The smallest absolute Gasteiger partial charge is 0.188 e. The fourth-order valence-electron chi connectivity index (χ4n) is 1.37. The van der Waals surface area contributed by atoms with Crippen LogP contribution in [0.15, 0.2) is 18.2 Å². The Morgan fingerprint density at radius 3 is 2.56 bits per heavy atom. The third kappa shape index (κ3) is 3.12. The van der Waals surface area contributed by atoms with E-state index in [0.29, 0.717) is 17.9 Å². The Labute approximate surface area is 95.8 Å². The molecule has 0 saturated heterocycles. The number of methoxy groups -OCH3 is 2. The van der Waals surface area contributed by atoms with E-state index in [1.54, 1.807) is 26.4 Å². The summed E-state index contributed by atoms with van der Waals surface area (Å²) in [5, 5.41) is 9.70. The first-order valence-corrected chi connectivity index (χ1v) is 5.20. The first-order chi connectivity index (χ1) is 7.72. The Morgan fingerprint density at radius 1 is 1.25 bits per heavy atom. The molecular formula is C12H18O4. The first kappa shape index (κ1) is 12.8. The highest BCUT2D eigenvalue weighted by Gasteiger charge is 2.10. The van der Waals surface area contributed by atoms with Gasteiger partial charge in [0.05, 0.1) is 13.2 Å². The van der Waals surface area contributed by atoms with Crippen LogP contribution in [0.2, 0.25) is 0 Å². The van der Waals surface area contributed by atoms with Crippen molar-refractivity contribution in [3.05, 3.63) is 23.8 Å². The van der Waals surface area contributed by atoms with Crippen LogP contribution in [0.25, 0.3) is 0 Å². The maximum absolute atomic E-state index is 9.70. The van der Waals surface area contributed by atoms with Crippen molar-refractivity contribution in [2.45, 2.75) is 19.4 Å². The Bertz CT molecular complexity index is 325. The highest BCUT2D eigenvalue weighted by atomic mass is 16.7. The number of hydrogen-bond acceptors (Lipinski definition) is 4. The summed E-state index contributed by atoms with van der Waals surface area (Å²) in [4.78, 5) is 0. The fraction of sp³-hybridized carbons (Fsp3) is 0.500. The topological polar surface area (TPSA) is 47.9 Å². The number of ether oxygens (including phenoxy) is 3. The second-order valence-electron chi connectivity index (χ2n) is 3.39. The van der Waals surface area contributed by atoms with Gasteiger partial charge in [-0.15, -0.1) is 0 Å². The molecule has 0 saturated carbocycles. The normalized spacial score (nSPS) is 12.2. The Kier molecular flexibility index (Phi) is 5.08. The van der Waals surface area contributed by atoms with Crippen LogP contribution >= 0.6 is 0 Å². The van der Waals surface area contributed by atoms with E-state index >= 15 is 0 Å². The van der Waals surface area contributed by atoms with Crippen molar-refractivity contribution >= 4 is 0 Å². The van der Waals surface area contributed by atoms with E-state index in [1.165, 1.54) is 0 Å². The van der Waals surface area contributed by atoms with E-state index < -0.39 is 6.10 Å². The van der Waals surface area contributed by atoms with Gasteiger partial charge in [0, 0.05) is 7.11 Å². The summed E-state index contributed by atoms with van der Waals surface area (Å²) >= 11 is 0. The van der Waals surface area contributed by atoms with Crippen LogP contribution in [0, 0.1) is 0 Å². The molecule has 1 aromatic carbocycles. The predicted octanol–water partition coefficient (Wildman–Crippen LogP) is 2.12. The molecule has 0 bridgehead atoms. The summed E-state index contributed by atoms with van der Waals surface area (Å²) in [7, 11) is 3.12. The minimum Gasteiger partial charge on any atom is -0.493 e. The van der Waals surface area contributed by atoms with Gasteiger partial charge in [-0.3, -0.25) is 0 Å². The van der Waals surface area contributed by atoms with Gasteiger partial charge < -0.3 is 19.3 Å². The molecular weight excluding hydrogens is 208 g/mol. The van der Waals surface area contributed by atoms with Gasteiger partial charge in [0.15, 0.2) is 18.3 Å². The molecule has 1 rings (SSSR count). The minimum atomic E-state index is -0.467. The lowest BCUT2D eigenvalue weighted by Crippen LogP contribution is -2.02. The van der Waals surface area contributed by atoms with E-state index in [1.807, 2.05) is 13.0 Å². The molecule has 0 fully saturated rings. The van der Waals surface area contributed by atoms with Gasteiger partial charge >= 0.3 is 0 Å². The van der Waals surface area contributed by atoms with E-state index in [2.05, 4.69) is 0 Å². The van der Waals surface area contributed by atoms with E-state index in [-0.39, 0.29) is 6.79 Å². The molecule has 0 aliphatic heterocycles. The number of aliphatic hydroxyl groups excluding tert-OH is 1. The predicted molar refractivity (Wildman–Crippen MR) is 60.7 cm³/mol. The van der Waals surface area contributed by atoms with Crippen LogP contribution < -0.4 is 9.47 Å². The van der Waals surface area contributed by atoms with Crippen LogP contribution in [0.1, 0.15) is 25.0 Å². The lowest BCUT2D eigenvalue weighted by atomic mass is 10.1. The lowest BCUT2D eigenvalue weighted by molar-refractivity contribution is 0.0491. The molecule has 4 heteroatoms. The van der Waals surface area contributed by atoms with Crippen molar-refractivity contribution in [1.29, 1.82) is 0 Å². The van der Waals surface area contributed by atoms with Crippen molar-refractivity contribution < 1.29 is 19.3 Å². The molecule has 1 unspecified atom stereocenters. The van der Waals surface area contributed by atoms with Gasteiger partial charge in [-0.1, -0.05) is 13.0 Å². The quantitative estimate of drug-likeness (QED) is 0.755. The molecule has 16 heavy (non-hydrogen) atoms. The molecule has 1 N–H and O–H groups in total. The highest BCUT2D eigenvalue weighted by Crippen LogP contribution is 2.31. The van der Waals surface area contributed by atoms with Crippen LogP contribution in [0.5, 0.6) is 11.5 Å². The van der Waals surface area contributed by atoms with Gasteiger partial charge in [-0.2, -0.15) is 0 Å². The molecule has 4 nitrogen and oxygen atoms in total. The van der Waals surface area contributed by atoms with E-state index in [9.17, 15) is 5.11 Å². The molecule has 1 atom stereocenters. The third-order valence-corrected chi connectivity index (χ3v) is 2.29. The zero-order chi connectivity index (χ0) is 12.0. The van der Waals surface area contributed by atoms with Crippen LogP contribution in [0.4, 0.5) is 0 Å². The molecule has 0 radical (unpaired) electrons. The largest absolute Gasteiger partial charge is 0.493 e. The van der Waals surface area contributed by atoms with E-state index in [0.717, 1.165) is 5.56 Å². The summed E-state index contributed by atoms with van der Waals surface area (Å²) in [5.74, 6) is 1.21. The summed E-state index contributed by atoms with van der Waals surface area (Å²) in [6, 6.07) is 5.37. The minimum absolute atomic E-state index is 0.173. The number of aliphatic hydroxyl groups is 1. The van der Waals surface area contributed by atoms with Gasteiger partial charge in [0.1, 0.15) is 0 Å². The van der Waals surface area contributed by atoms with Gasteiger partial charge in [0.2, 0.25) is 0 Å². The molecule has 0 amide bonds. The Morgan fingerprint density at radius 2 is 2.00 bits per heavy atom. The average Bonchev–Trinajstić information content (AvgIpc) is 2.35. The third-order valence-electron chi connectivity index (χ3n) is 2.29. The number of rotatable bonds is 6. The zero-order valence-electron chi connectivity index (χ0n) is 9.90. The molecule has 0 aromatic heterocycles. The Balaban J connectivity index is 2.88. The van der Waals surface area contributed by atoms with Gasteiger partial charge in [-0.25, -0.2) is 0 Å². The van der Waals surface area contributed by atoms with Crippen LogP contribution in [-0.4, -0.2) is 26.1 Å². The molecule has 0 aliphatic rings. The molecule has 0 aliphatic carbocycles. The van der Waals surface area contributed by atoms with Gasteiger partial charge in [-0.05, 0) is 24.1 Å². The number of hydrogen-bond donors (Lipinski definition) is 1. The standard InChI is InChI=1S/C12H18O4/c1-4-10(13)9-5-6-11(16-8-14-2)12(7-9)15-3/h5-7,10,13H,4,8H2,1-3H3. The summed E-state index contributed by atoms with van der Waals surface area (Å²) in [6.07, 6.45) is 0.201. The molecule has 1 aromatic rings.